The second-order valence-electron chi connectivity index (χ2n) is 4.08. The summed E-state index contributed by atoms with van der Waals surface area (Å²) in [6.45, 7) is 4.05. The molecular weight excluding hydrogens is 204 g/mol. The molecule has 0 saturated carbocycles. The first-order chi connectivity index (χ1) is 7.54. The molecule has 0 bridgehead atoms. The van der Waals surface area contributed by atoms with Crippen LogP contribution in [0.25, 0.3) is 0 Å². The summed E-state index contributed by atoms with van der Waals surface area (Å²) in [7, 11) is 1.64. The SMILES string of the molecule is COc1ccc(C)cc1C(C)CCC(=O)O. The summed E-state index contributed by atoms with van der Waals surface area (Å²) in [5.74, 6) is 0.285. The van der Waals surface area contributed by atoms with Gasteiger partial charge in [0.2, 0.25) is 0 Å². The van der Waals surface area contributed by atoms with E-state index in [1.54, 1.807) is 7.11 Å². The van der Waals surface area contributed by atoms with Crippen molar-refractivity contribution in [1.29, 1.82) is 0 Å². The molecule has 0 aliphatic rings. The highest BCUT2D eigenvalue weighted by molar-refractivity contribution is 5.66. The van der Waals surface area contributed by atoms with E-state index in [1.165, 1.54) is 0 Å². The van der Waals surface area contributed by atoms with E-state index < -0.39 is 5.97 Å². The number of benzene rings is 1. The van der Waals surface area contributed by atoms with Gasteiger partial charge in [0.15, 0.2) is 0 Å². The number of hydrogen-bond donors (Lipinski definition) is 1. The van der Waals surface area contributed by atoms with E-state index >= 15 is 0 Å². The van der Waals surface area contributed by atoms with Crippen molar-refractivity contribution in [3.63, 3.8) is 0 Å². The van der Waals surface area contributed by atoms with Crippen LogP contribution in [-0.4, -0.2) is 18.2 Å². The molecule has 88 valence electrons. The maximum absolute atomic E-state index is 10.5. The van der Waals surface area contributed by atoms with E-state index in [4.69, 9.17) is 9.84 Å². The summed E-state index contributed by atoms with van der Waals surface area (Å²) in [6, 6.07) is 5.99. The van der Waals surface area contributed by atoms with E-state index in [0.717, 1.165) is 16.9 Å². The molecular formula is C13H18O3. The van der Waals surface area contributed by atoms with Crippen LogP contribution in [-0.2, 0) is 4.79 Å². The summed E-state index contributed by atoms with van der Waals surface area (Å²) < 4.78 is 5.28. The van der Waals surface area contributed by atoms with Crippen LogP contribution < -0.4 is 4.74 Å². The van der Waals surface area contributed by atoms with Gasteiger partial charge in [0, 0.05) is 6.42 Å². The topological polar surface area (TPSA) is 46.5 Å². The number of aryl methyl sites for hydroxylation is 1. The maximum atomic E-state index is 10.5. The van der Waals surface area contributed by atoms with Crippen molar-refractivity contribution in [2.45, 2.75) is 32.6 Å². The predicted molar refractivity (Wildman–Crippen MR) is 63.0 cm³/mol. The second-order valence-corrected chi connectivity index (χ2v) is 4.08. The summed E-state index contributed by atoms with van der Waals surface area (Å²) in [5.41, 5.74) is 2.25. The average Bonchev–Trinajstić information content (AvgIpc) is 2.25. The number of ether oxygens (including phenoxy) is 1. The third kappa shape index (κ3) is 3.26. The van der Waals surface area contributed by atoms with Crippen LogP contribution in [0, 0.1) is 6.92 Å². The highest BCUT2D eigenvalue weighted by Crippen LogP contribution is 2.30. The van der Waals surface area contributed by atoms with Crippen molar-refractivity contribution in [2.24, 2.45) is 0 Å². The van der Waals surface area contributed by atoms with E-state index in [2.05, 4.69) is 6.07 Å². The zero-order chi connectivity index (χ0) is 12.1. The van der Waals surface area contributed by atoms with Crippen LogP contribution in [0.15, 0.2) is 18.2 Å². The minimum atomic E-state index is -0.751. The number of hydrogen-bond acceptors (Lipinski definition) is 2. The van der Waals surface area contributed by atoms with E-state index in [9.17, 15) is 4.79 Å². The monoisotopic (exact) mass is 222 g/mol. The zero-order valence-corrected chi connectivity index (χ0v) is 9.99. The van der Waals surface area contributed by atoms with Crippen LogP contribution in [0.3, 0.4) is 0 Å². The molecule has 0 spiro atoms. The summed E-state index contributed by atoms with van der Waals surface area (Å²) in [6.07, 6.45) is 0.827. The maximum Gasteiger partial charge on any atom is 0.303 e. The standard InChI is InChI=1S/C13H18O3/c1-9-4-6-12(16-3)11(8-9)10(2)5-7-13(14)15/h4,6,8,10H,5,7H2,1-3H3,(H,14,15). The zero-order valence-electron chi connectivity index (χ0n) is 9.99. The van der Waals surface area contributed by atoms with Crippen LogP contribution in [0.2, 0.25) is 0 Å². The van der Waals surface area contributed by atoms with Gasteiger partial charge in [0.1, 0.15) is 5.75 Å². The lowest BCUT2D eigenvalue weighted by Gasteiger charge is -2.15. The van der Waals surface area contributed by atoms with E-state index in [1.807, 2.05) is 26.0 Å². The van der Waals surface area contributed by atoms with Gasteiger partial charge < -0.3 is 9.84 Å². The van der Waals surface area contributed by atoms with Crippen molar-refractivity contribution < 1.29 is 14.6 Å². The Bertz CT molecular complexity index is 371. The third-order valence-corrected chi connectivity index (χ3v) is 2.71. The Morgan fingerprint density at radius 2 is 2.19 bits per heavy atom. The van der Waals surface area contributed by atoms with Gasteiger partial charge in [-0.2, -0.15) is 0 Å². The van der Waals surface area contributed by atoms with Crippen molar-refractivity contribution >= 4 is 5.97 Å². The molecule has 1 unspecified atom stereocenters. The van der Waals surface area contributed by atoms with E-state index in [-0.39, 0.29) is 12.3 Å². The fourth-order valence-electron chi connectivity index (χ4n) is 1.73. The van der Waals surface area contributed by atoms with Gasteiger partial charge in [0.25, 0.3) is 0 Å². The molecule has 1 aromatic carbocycles. The molecule has 0 heterocycles. The predicted octanol–water partition coefficient (Wildman–Crippen LogP) is 2.97. The Morgan fingerprint density at radius 3 is 2.75 bits per heavy atom. The van der Waals surface area contributed by atoms with Crippen molar-refractivity contribution in [3.05, 3.63) is 29.3 Å². The first-order valence-electron chi connectivity index (χ1n) is 5.41. The molecule has 1 atom stereocenters. The van der Waals surface area contributed by atoms with Gasteiger partial charge in [-0.3, -0.25) is 4.79 Å². The molecule has 0 aromatic heterocycles. The Balaban J connectivity index is 2.84. The number of carboxylic acids is 1. The van der Waals surface area contributed by atoms with Gasteiger partial charge in [0.05, 0.1) is 7.11 Å². The first kappa shape index (κ1) is 12.6. The minimum Gasteiger partial charge on any atom is -0.496 e. The second kappa shape index (κ2) is 5.54. The number of methoxy groups -OCH3 is 1. The van der Waals surface area contributed by atoms with Crippen molar-refractivity contribution in [1.82, 2.24) is 0 Å². The quantitative estimate of drug-likeness (QED) is 0.833. The third-order valence-electron chi connectivity index (χ3n) is 2.71. The normalized spacial score (nSPS) is 12.2. The lowest BCUT2D eigenvalue weighted by molar-refractivity contribution is -0.137. The van der Waals surface area contributed by atoms with E-state index in [0.29, 0.717) is 6.42 Å². The first-order valence-corrected chi connectivity index (χ1v) is 5.41. The average molecular weight is 222 g/mol. The fraction of sp³-hybridized carbons (Fsp3) is 0.462. The molecule has 0 radical (unpaired) electrons. The number of carboxylic acid groups (broad SMARTS) is 1. The summed E-state index contributed by atoms with van der Waals surface area (Å²) in [4.78, 5) is 10.5. The Morgan fingerprint density at radius 1 is 1.50 bits per heavy atom. The fourth-order valence-corrected chi connectivity index (χ4v) is 1.73. The van der Waals surface area contributed by atoms with Gasteiger partial charge in [-0.05, 0) is 30.9 Å². The summed E-state index contributed by atoms with van der Waals surface area (Å²) in [5, 5.41) is 8.66. The molecule has 0 aliphatic carbocycles. The Hall–Kier alpha value is -1.51. The molecule has 0 saturated heterocycles. The molecule has 16 heavy (non-hydrogen) atoms. The Labute approximate surface area is 96.1 Å². The minimum absolute atomic E-state index is 0.193. The van der Waals surface area contributed by atoms with Gasteiger partial charge in [-0.1, -0.05) is 24.6 Å². The lowest BCUT2D eigenvalue weighted by atomic mass is 9.94. The number of aliphatic carboxylic acids is 1. The summed E-state index contributed by atoms with van der Waals surface area (Å²) >= 11 is 0. The Kier molecular flexibility index (Phi) is 4.35. The molecule has 1 rings (SSSR count). The molecule has 1 aromatic rings. The van der Waals surface area contributed by atoms with Crippen molar-refractivity contribution in [2.75, 3.05) is 7.11 Å². The molecule has 0 fully saturated rings. The largest absolute Gasteiger partial charge is 0.496 e. The number of carbonyl (C=O) groups is 1. The molecule has 1 N–H and O–H groups in total. The van der Waals surface area contributed by atoms with Crippen LogP contribution in [0.4, 0.5) is 0 Å². The van der Waals surface area contributed by atoms with Crippen LogP contribution in [0.5, 0.6) is 5.75 Å². The van der Waals surface area contributed by atoms with Crippen LogP contribution in [0.1, 0.15) is 36.8 Å². The smallest absolute Gasteiger partial charge is 0.303 e. The number of rotatable bonds is 5. The molecule has 0 aliphatic heterocycles. The lowest BCUT2D eigenvalue weighted by Crippen LogP contribution is -2.02. The van der Waals surface area contributed by atoms with Crippen LogP contribution >= 0.6 is 0 Å². The van der Waals surface area contributed by atoms with Gasteiger partial charge in [-0.15, -0.1) is 0 Å². The molecule has 3 nitrogen and oxygen atoms in total. The molecule has 0 amide bonds. The van der Waals surface area contributed by atoms with Gasteiger partial charge in [-0.25, -0.2) is 0 Å². The van der Waals surface area contributed by atoms with Crippen molar-refractivity contribution in [3.8, 4) is 5.75 Å². The highest BCUT2D eigenvalue weighted by atomic mass is 16.5. The van der Waals surface area contributed by atoms with Gasteiger partial charge >= 0.3 is 5.97 Å². The highest BCUT2D eigenvalue weighted by Gasteiger charge is 2.12. The molecule has 3 heteroatoms.